The van der Waals surface area contributed by atoms with Crippen molar-refractivity contribution in [1.82, 2.24) is 4.90 Å². The highest BCUT2D eigenvalue weighted by molar-refractivity contribution is 6.46. The summed E-state index contributed by atoms with van der Waals surface area (Å²) in [6, 6.07) is 12.4. The molecular weight excluding hydrogens is 410 g/mol. The van der Waals surface area contributed by atoms with Crippen LogP contribution in [0.15, 0.2) is 54.1 Å². The first-order chi connectivity index (χ1) is 15.3. The third-order valence-corrected chi connectivity index (χ3v) is 5.16. The van der Waals surface area contributed by atoms with E-state index in [1.165, 1.54) is 17.0 Å². The Hall–Kier alpha value is -3.32. The van der Waals surface area contributed by atoms with Crippen molar-refractivity contribution < 1.29 is 29.3 Å². The number of hydrogen-bond donors (Lipinski definition) is 2. The fourth-order valence-corrected chi connectivity index (χ4v) is 3.68. The molecule has 0 spiro atoms. The van der Waals surface area contributed by atoms with E-state index in [0.29, 0.717) is 42.4 Å². The number of aliphatic hydroxyl groups is 1. The zero-order valence-electron chi connectivity index (χ0n) is 18.6. The van der Waals surface area contributed by atoms with Gasteiger partial charge in [-0.1, -0.05) is 38.1 Å². The van der Waals surface area contributed by atoms with Gasteiger partial charge in [-0.05, 0) is 42.2 Å². The molecule has 0 radical (unpaired) electrons. The fourth-order valence-electron chi connectivity index (χ4n) is 3.68. The number of aromatic hydroxyl groups is 1. The van der Waals surface area contributed by atoms with E-state index in [-0.39, 0.29) is 23.6 Å². The van der Waals surface area contributed by atoms with Gasteiger partial charge < -0.3 is 24.6 Å². The average Bonchev–Trinajstić information content (AvgIpc) is 3.02. The average molecular weight is 440 g/mol. The van der Waals surface area contributed by atoms with E-state index in [0.717, 1.165) is 0 Å². The van der Waals surface area contributed by atoms with Crippen LogP contribution < -0.4 is 4.74 Å². The molecule has 0 aromatic heterocycles. The maximum Gasteiger partial charge on any atom is 0.295 e. The number of ether oxygens (including phenoxy) is 2. The standard InChI is InChI=1S/C25H29NO6/c1-16(2)15-32-20-10-5-8-18(14-20)23(28)21-22(17-7-4-9-19(27)13-17)26(11-6-12-31-3)25(30)24(21)29/h4-5,7-10,13-14,16,22,27-28H,6,11-12,15H2,1-3H3/b23-21-. The number of carbonyl (C=O) groups is 2. The van der Waals surface area contributed by atoms with E-state index in [1.54, 1.807) is 43.5 Å². The van der Waals surface area contributed by atoms with Crippen molar-refractivity contribution in [2.75, 3.05) is 26.9 Å². The number of nitrogens with zero attached hydrogens (tertiary/aromatic N) is 1. The molecule has 170 valence electrons. The topological polar surface area (TPSA) is 96.3 Å². The SMILES string of the molecule is COCCCN1C(=O)C(=O)/C(=C(\O)c2cccc(OCC(C)C)c2)C1c1cccc(O)c1. The first-order valence-electron chi connectivity index (χ1n) is 10.6. The molecular formula is C25H29NO6. The van der Waals surface area contributed by atoms with Crippen LogP contribution in [0.1, 0.15) is 37.4 Å². The quantitative estimate of drug-likeness (QED) is 0.266. The van der Waals surface area contributed by atoms with Crippen LogP contribution in [0, 0.1) is 5.92 Å². The Kier molecular flexibility index (Phi) is 7.53. The lowest BCUT2D eigenvalue weighted by Gasteiger charge is -2.25. The van der Waals surface area contributed by atoms with Gasteiger partial charge >= 0.3 is 0 Å². The lowest BCUT2D eigenvalue weighted by Crippen LogP contribution is -2.31. The minimum Gasteiger partial charge on any atom is -0.508 e. The molecule has 7 heteroatoms. The molecule has 0 aliphatic carbocycles. The number of likely N-dealkylation sites (tertiary alicyclic amines) is 1. The molecule has 1 atom stereocenters. The molecule has 2 aromatic carbocycles. The fraction of sp³-hybridized carbons (Fsp3) is 0.360. The number of aliphatic hydroxyl groups excluding tert-OH is 1. The van der Waals surface area contributed by atoms with Crippen LogP contribution in [0.5, 0.6) is 11.5 Å². The third-order valence-electron chi connectivity index (χ3n) is 5.16. The molecule has 1 amide bonds. The van der Waals surface area contributed by atoms with Gasteiger partial charge in [-0.2, -0.15) is 0 Å². The van der Waals surface area contributed by atoms with Gasteiger partial charge in [0.25, 0.3) is 11.7 Å². The molecule has 32 heavy (non-hydrogen) atoms. The van der Waals surface area contributed by atoms with E-state index in [4.69, 9.17) is 9.47 Å². The van der Waals surface area contributed by atoms with E-state index >= 15 is 0 Å². The van der Waals surface area contributed by atoms with Crippen LogP contribution in [-0.4, -0.2) is 53.7 Å². The lowest BCUT2D eigenvalue weighted by atomic mass is 9.95. The molecule has 1 unspecified atom stereocenters. The van der Waals surface area contributed by atoms with Crippen LogP contribution in [0.3, 0.4) is 0 Å². The maximum atomic E-state index is 13.0. The molecule has 7 nitrogen and oxygen atoms in total. The molecule has 2 N–H and O–H groups in total. The third kappa shape index (κ3) is 5.11. The number of benzene rings is 2. The number of rotatable bonds is 9. The summed E-state index contributed by atoms with van der Waals surface area (Å²) in [6.45, 7) is 5.27. The molecule has 2 aromatic rings. The van der Waals surface area contributed by atoms with Crippen LogP contribution in [0.25, 0.3) is 5.76 Å². The Labute approximate surface area is 187 Å². The molecule has 0 saturated carbocycles. The Bertz CT molecular complexity index is 1010. The number of phenolic OH excluding ortho intramolecular Hbond substituents is 1. The van der Waals surface area contributed by atoms with Gasteiger partial charge in [0, 0.05) is 25.8 Å². The number of methoxy groups -OCH3 is 1. The highest BCUT2D eigenvalue weighted by atomic mass is 16.5. The summed E-state index contributed by atoms with van der Waals surface area (Å²) < 4.78 is 10.8. The number of amides is 1. The smallest absolute Gasteiger partial charge is 0.295 e. The first kappa shape index (κ1) is 23.3. The minimum atomic E-state index is -0.820. The van der Waals surface area contributed by atoms with Crippen molar-refractivity contribution in [1.29, 1.82) is 0 Å². The highest BCUT2D eigenvalue weighted by Gasteiger charge is 2.45. The van der Waals surface area contributed by atoms with Crippen LogP contribution >= 0.6 is 0 Å². The predicted octanol–water partition coefficient (Wildman–Crippen LogP) is 3.89. The lowest BCUT2D eigenvalue weighted by molar-refractivity contribution is -0.140. The van der Waals surface area contributed by atoms with E-state index in [1.807, 2.05) is 13.8 Å². The Morgan fingerprint density at radius 1 is 1.12 bits per heavy atom. The molecule has 1 saturated heterocycles. The summed E-state index contributed by atoms with van der Waals surface area (Å²) in [6.07, 6.45) is 0.525. The molecule has 3 rings (SSSR count). The number of phenols is 1. The zero-order valence-corrected chi connectivity index (χ0v) is 18.6. The molecule has 1 fully saturated rings. The Balaban J connectivity index is 2.06. The van der Waals surface area contributed by atoms with Crippen LogP contribution in [-0.2, 0) is 14.3 Å². The monoisotopic (exact) mass is 439 g/mol. The van der Waals surface area contributed by atoms with Crippen molar-refractivity contribution in [3.63, 3.8) is 0 Å². The number of carbonyl (C=O) groups excluding carboxylic acids is 2. The normalized spacial score (nSPS) is 17.9. The molecule has 1 aliphatic heterocycles. The van der Waals surface area contributed by atoms with Crippen LogP contribution in [0.4, 0.5) is 0 Å². The van der Waals surface area contributed by atoms with Crippen molar-refractivity contribution in [3.8, 4) is 11.5 Å². The van der Waals surface area contributed by atoms with Gasteiger partial charge in [0.2, 0.25) is 0 Å². The van der Waals surface area contributed by atoms with Gasteiger partial charge in [-0.3, -0.25) is 9.59 Å². The number of ketones is 1. The van der Waals surface area contributed by atoms with Gasteiger partial charge in [-0.15, -0.1) is 0 Å². The second kappa shape index (κ2) is 10.3. The summed E-state index contributed by atoms with van der Waals surface area (Å²) in [5.74, 6) is -0.832. The maximum absolute atomic E-state index is 13.0. The summed E-state index contributed by atoms with van der Waals surface area (Å²) in [5.41, 5.74) is 0.903. The van der Waals surface area contributed by atoms with Crippen LogP contribution in [0.2, 0.25) is 0 Å². The van der Waals surface area contributed by atoms with Gasteiger partial charge in [0.05, 0.1) is 18.2 Å². The predicted molar refractivity (Wildman–Crippen MR) is 120 cm³/mol. The number of Topliss-reactive ketones (excluding diaryl/α,β-unsaturated/α-hetero) is 1. The van der Waals surface area contributed by atoms with E-state index in [2.05, 4.69) is 0 Å². The second-order valence-corrected chi connectivity index (χ2v) is 8.17. The van der Waals surface area contributed by atoms with Crippen molar-refractivity contribution >= 4 is 17.4 Å². The van der Waals surface area contributed by atoms with Crippen molar-refractivity contribution in [2.45, 2.75) is 26.3 Å². The summed E-state index contributed by atoms with van der Waals surface area (Å²) in [7, 11) is 1.56. The minimum absolute atomic E-state index is 0.00839. The Morgan fingerprint density at radius 2 is 1.88 bits per heavy atom. The highest BCUT2D eigenvalue weighted by Crippen LogP contribution is 2.40. The summed E-state index contributed by atoms with van der Waals surface area (Å²) in [5, 5.41) is 21.1. The second-order valence-electron chi connectivity index (χ2n) is 8.17. The Morgan fingerprint density at radius 3 is 2.56 bits per heavy atom. The summed E-state index contributed by atoms with van der Waals surface area (Å²) >= 11 is 0. The van der Waals surface area contributed by atoms with Gasteiger partial charge in [-0.25, -0.2) is 0 Å². The van der Waals surface area contributed by atoms with Gasteiger partial charge in [0.15, 0.2) is 0 Å². The van der Waals surface area contributed by atoms with Crippen molar-refractivity contribution in [3.05, 3.63) is 65.2 Å². The number of hydrogen-bond acceptors (Lipinski definition) is 6. The molecule has 0 bridgehead atoms. The first-order valence-corrected chi connectivity index (χ1v) is 10.6. The van der Waals surface area contributed by atoms with Gasteiger partial charge in [0.1, 0.15) is 17.3 Å². The molecule has 1 aliphatic rings. The van der Waals surface area contributed by atoms with E-state index in [9.17, 15) is 19.8 Å². The summed E-state index contributed by atoms with van der Waals surface area (Å²) in [4.78, 5) is 27.3. The molecule has 1 heterocycles. The largest absolute Gasteiger partial charge is 0.508 e. The zero-order chi connectivity index (χ0) is 23.3. The van der Waals surface area contributed by atoms with E-state index < -0.39 is 17.7 Å². The van der Waals surface area contributed by atoms with Crippen molar-refractivity contribution in [2.24, 2.45) is 5.92 Å².